The minimum Gasteiger partial charge on any atom is -0.477 e. The number of hydrogen-bond donors (Lipinski definition) is 2. The molecule has 20 heavy (non-hydrogen) atoms. The minimum absolute atomic E-state index is 0.00904. The highest BCUT2D eigenvalue weighted by Crippen LogP contribution is 2.22. The number of hydrogen-bond acceptors (Lipinski definition) is 5. The summed E-state index contributed by atoms with van der Waals surface area (Å²) in [6.45, 7) is 2.26. The van der Waals surface area contributed by atoms with E-state index in [0.29, 0.717) is 0 Å². The normalized spacial score (nSPS) is 11.7. The predicted octanol–water partition coefficient (Wildman–Crippen LogP) is 2.55. The molecule has 0 saturated heterocycles. The lowest BCUT2D eigenvalue weighted by Crippen LogP contribution is -2.21. The SMILES string of the molecule is CCc1ccc(CNS(=O)(=O)c2ccc(C(=O)O)s2)s1. The van der Waals surface area contributed by atoms with Crippen molar-refractivity contribution in [1.82, 2.24) is 4.72 Å². The second kappa shape index (κ2) is 6.04. The van der Waals surface area contributed by atoms with E-state index in [1.807, 2.05) is 19.1 Å². The average Bonchev–Trinajstić information content (AvgIpc) is 3.05. The number of thiophene rings is 2. The Kier molecular flexibility index (Phi) is 4.59. The molecule has 0 amide bonds. The molecule has 2 heterocycles. The maximum Gasteiger partial charge on any atom is 0.345 e. The summed E-state index contributed by atoms with van der Waals surface area (Å²) in [6, 6.07) is 6.47. The molecule has 0 atom stereocenters. The monoisotopic (exact) mass is 331 g/mol. The van der Waals surface area contributed by atoms with Crippen LogP contribution in [0.5, 0.6) is 0 Å². The standard InChI is InChI=1S/C12H13NO4S3/c1-2-8-3-4-9(18-8)7-13-20(16,17)11-6-5-10(19-11)12(14)15/h3-6,13H,2,7H2,1H3,(H,14,15). The molecule has 0 aliphatic rings. The lowest BCUT2D eigenvalue weighted by Gasteiger charge is -2.02. The van der Waals surface area contributed by atoms with Crippen molar-refractivity contribution in [2.75, 3.05) is 0 Å². The van der Waals surface area contributed by atoms with Crippen molar-refractivity contribution in [2.45, 2.75) is 24.1 Å². The van der Waals surface area contributed by atoms with E-state index in [1.54, 1.807) is 11.3 Å². The van der Waals surface area contributed by atoms with Gasteiger partial charge in [0.2, 0.25) is 10.0 Å². The number of aromatic carboxylic acids is 1. The average molecular weight is 331 g/mol. The lowest BCUT2D eigenvalue weighted by molar-refractivity contribution is 0.0702. The Morgan fingerprint density at radius 2 is 1.90 bits per heavy atom. The van der Waals surface area contributed by atoms with Gasteiger partial charge in [0.25, 0.3) is 0 Å². The first-order valence-corrected chi connectivity index (χ1v) is 8.94. The molecule has 0 aromatic carbocycles. The van der Waals surface area contributed by atoms with E-state index in [2.05, 4.69) is 4.72 Å². The van der Waals surface area contributed by atoms with Crippen LogP contribution in [-0.2, 0) is 23.0 Å². The molecule has 0 aliphatic carbocycles. The summed E-state index contributed by atoms with van der Waals surface area (Å²) in [5.74, 6) is -1.12. The molecule has 8 heteroatoms. The van der Waals surface area contributed by atoms with E-state index >= 15 is 0 Å². The molecule has 2 aromatic rings. The van der Waals surface area contributed by atoms with E-state index in [-0.39, 0.29) is 15.6 Å². The molecule has 2 rings (SSSR count). The molecule has 0 radical (unpaired) electrons. The summed E-state index contributed by atoms with van der Waals surface area (Å²) < 4.78 is 26.6. The van der Waals surface area contributed by atoms with Gasteiger partial charge in [0.05, 0.1) is 0 Å². The van der Waals surface area contributed by atoms with Crippen LogP contribution in [0.1, 0.15) is 26.3 Å². The van der Waals surface area contributed by atoms with Crippen molar-refractivity contribution in [1.29, 1.82) is 0 Å². The molecule has 0 fully saturated rings. The fourth-order valence-corrected chi connectivity index (χ4v) is 4.71. The minimum atomic E-state index is -3.66. The third kappa shape index (κ3) is 3.45. The Morgan fingerprint density at radius 3 is 2.45 bits per heavy atom. The van der Waals surface area contributed by atoms with Gasteiger partial charge in [-0.25, -0.2) is 17.9 Å². The molecular formula is C12H13NO4S3. The molecule has 2 N–H and O–H groups in total. The molecule has 0 spiro atoms. The van der Waals surface area contributed by atoms with Gasteiger partial charge in [-0.1, -0.05) is 6.92 Å². The molecule has 0 saturated carbocycles. The zero-order valence-electron chi connectivity index (χ0n) is 10.6. The molecule has 0 aliphatic heterocycles. The highest BCUT2D eigenvalue weighted by molar-refractivity contribution is 7.91. The number of carbonyl (C=O) groups is 1. The zero-order chi connectivity index (χ0) is 14.8. The van der Waals surface area contributed by atoms with Crippen molar-refractivity contribution in [3.63, 3.8) is 0 Å². The van der Waals surface area contributed by atoms with Crippen LogP contribution in [0.25, 0.3) is 0 Å². The highest BCUT2D eigenvalue weighted by Gasteiger charge is 2.18. The Labute approximate surface area is 124 Å². The Balaban J connectivity index is 2.08. The van der Waals surface area contributed by atoms with Crippen LogP contribution in [0.2, 0.25) is 0 Å². The molecule has 2 aromatic heterocycles. The van der Waals surface area contributed by atoms with Crippen LogP contribution in [0, 0.1) is 0 Å². The second-order valence-corrected chi connectivity index (χ2v) is 8.30. The maximum absolute atomic E-state index is 12.0. The van der Waals surface area contributed by atoms with Gasteiger partial charge >= 0.3 is 5.97 Å². The number of aryl methyl sites for hydroxylation is 1. The van der Waals surface area contributed by atoms with Crippen molar-refractivity contribution in [3.05, 3.63) is 38.9 Å². The van der Waals surface area contributed by atoms with Gasteiger partial charge in [-0.2, -0.15) is 0 Å². The van der Waals surface area contributed by atoms with Gasteiger partial charge in [0.1, 0.15) is 9.09 Å². The van der Waals surface area contributed by atoms with Gasteiger partial charge in [0.15, 0.2) is 0 Å². The molecular weight excluding hydrogens is 318 g/mol. The largest absolute Gasteiger partial charge is 0.477 e. The lowest BCUT2D eigenvalue weighted by atomic mass is 10.4. The fourth-order valence-electron chi connectivity index (χ4n) is 1.52. The van der Waals surface area contributed by atoms with Crippen LogP contribution < -0.4 is 4.72 Å². The van der Waals surface area contributed by atoms with Crippen molar-refractivity contribution < 1.29 is 18.3 Å². The third-order valence-electron chi connectivity index (χ3n) is 2.56. The quantitative estimate of drug-likeness (QED) is 0.852. The smallest absolute Gasteiger partial charge is 0.345 e. The summed E-state index contributed by atoms with van der Waals surface area (Å²) in [6.07, 6.45) is 0.921. The number of rotatable bonds is 6. The first-order valence-electron chi connectivity index (χ1n) is 5.82. The Morgan fingerprint density at radius 1 is 1.20 bits per heavy atom. The number of carboxylic acid groups (broad SMARTS) is 1. The summed E-state index contributed by atoms with van der Waals surface area (Å²) >= 11 is 2.31. The summed E-state index contributed by atoms with van der Waals surface area (Å²) in [4.78, 5) is 12.9. The van der Waals surface area contributed by atoms with Crippen LogP contribution in [-0.4, -0.2) is 19.5 Å². The van der Waals surface area contributed by atoms with E-state index in [9.17, 15) is 13.2 Å². The summed E-state index contributed by atoms with van der Waals surface area (Å²) in [5, 5.41) is 8.80. The van der Waals surface area contributed by atoms with Crippen molar-refractivity contribution in [2.24, 2.45) is 0 Å². The Hall–Kier alpha value is -1.22. The zero-order valence-corrected chi connectivity index (χ0v) is 13.1. The van der Waals surface area contributed by atoms with Crippen molar-refractivity contribution in [3.8, 4) is 0 Å². The predicted molar refractivity (Wildman–Crippen MR) is 79.0 cm³/mol. The molecule has 5 nitrogen and oxygen atoms in total. The highest BCUT2D eigenvalue weighted by atomic mass is 32.2. The first-order chi connectivity index (χ1) is 9.42. The van der Waals surface area contributed by atoms with Gasteiger partial charge in [-0.15, -0.1) is 22.7 Å². The van der Waals surface area contributed by atoms with Crippen LogP contribution in [0.3, 0.4) is 0 Å². The molecule has 108 valence electrons. The fraction of sp³-hybridized carbons (Fsp3) is 0.250. The number of carboxylic acids is 1. The van der Waals surface area contributed by atoms with Gasteiger partial charge in [-0.3, -0.25) is 0 Å². The topological polar surface area (TPSA) is 83.5 Å². The van der Waals surface area contributed by atoms with E-state index in [4.69, 9.17) is 5.11 Å². The second-order valence-electron chi connectivity index (χ2n) is 3.97. The first kappa shape index (κ1) is 15.2. The summed E-state index contributed by atoms with van der Waals surface area (Å²) in [7, 11) is -3.66. The number of sulfonamides is 1. The van der Waals surface area contributed by atoms with Crippen LogP contribution in [0.4, 0.5) is 0 Å². The molecule has 0 bridgehead atoms. The van der Waals surface area contributed by atoms with Crippen molar-refractivity contribution >= 4 is 38.7 Å². The van der Waals surface area contributed by atoms with E-state index in [1.165, 1.54) is 17.0 Å². The van der Waals surface area contributed by atoms with Crippen LogP contribution >= 0.6 is 22.7 Å². The Bertz CT molecular complexity index is 715. The number of nitrogens with one attached hydrogen (secondary N) is 1. The van der Waals surface area contributed by atoms with Gasteiger partial charge in [-0.05, 0) is 30.7 Å². The van der Waals surface area contributed by atoms with Gasteiger partial charge < -0.3 is 5.11 Å². The molecule has 0 unspecified atom stereocenters. The van der Waals surface area contributed by atoms with Gasteiger partial charge in [0, 0.05) is 16.3 Å². The summed E-state index contributed by atoms with van der Waals surface area (Å²) in [5.41, 5.74) is 0. The van der Waals surface area contributed by atoms with Crippen LogP contribution in [0.15, 0.2) is 28.5 Å². The van der Waals surface area contributed by atoms with E-state index in [0.717, 1.165) is 22.6 Å². The van der Waals surface area contributed by atoms with E-state index < -0.39 is 16.0 Å². The third-order valence-corrected chi connectivity index (χ3v) is 6.76. The maximum atomic E-state index is 12.0.